The maximum Gasteiger partial charge on any atom is 0.240 e. The molecule has 4 rings (SSSR count). The van der Waals surface area contributed by atoms with Crippen molar-refractivity contribution in [1.82, 2.24) is 9.62 Å². The van der Waals surface area contributed by atoms with E-state index in [0.29, 0.717) is 17.8 Å². The Hall–Kier alpha value is -2.42. The highest BCUT2D eigenvalue weighted by Gasteiger charge is 2.27. The van der Waals surface area contributed by atoms with E-state index >= 15 is 0 Å². The molecule has 178 valence electrons. The zero-order valence-electron chi connectivity index (χ0n) is 19.7. The number of likely N-dealkylation sites (tertiary alicyclic amines) is 1. The minimum Gasteiger partial charge on any atom is -0.374 e. The number of benzene rings is 2. The van der Waals surface area contributed by atoms with E-state index in [1.807, 2.05) is 0 Å². The molecule has 0 saturated carbocycles. The highest BCUT2D eigenvalue weighted by Crippen LogP contribution is 2.32. The number of nitrogens with zero attached hydrogens (tertiary/aromatic N) is 2. The third-order valence-corrected chi connectivity index (χ3v) is 8.26. The molecule has 8 heteroatoms. The van der Waals surface area contributed by atoms with Gasteiger partial charge < -0.3 is 10.2 Å². The number of carbonyl (C=O) groups excluding carboxylic acids is 1. The van der Waals surface area contributed by atoms with Gasteiger partial charge in [0.2, 0.25) is 15.9 Å². The topological polar surface area (TPSA) is 81.7 Å². The second-order valence-corrected chi connectivity index (χ2v) is 10.9. The summed E-state index contributed by atoms with van der Waals surface area (Å²) in [4.78, 5) is 16.2. The molecule has 1 fully saturated rings. The van der Waals surface area contributed by atoms with Crippen molar-refractivity contribution in [3.05, 3.63) is 53.1 Å². The van der Waals surface area contributed by atoms with Gasteiger partial charge in [-0.05, 0) is 86.7 Å². The van der Waals surface area contributed by atoms with Gasteiger partial charge in [-0.25, -0.2) is 13.1 Å². The van der Waals surface area contributed by atoms with Crippen LogP contribution in [0.25, 0.3) is 0 Å². The minimum absolute atomic E-state index is 0.00114. The van der Waals surface area contributed by atoms with Gasteiger partial charge in [0.25, 0.3) is 0 Å². The van der Waals surface area contributed by atoms with Crippen LogP contribution in [0, 0.1) is 6.92 Å². The molecular weight excluding hydrogens is 436 g/mol. The number of carbonyl (C=O) groups is 1. The van der Waals surface area contributed by atoms with E-state index in [1.165, 1.54) is 23.7 Å². The van der Waals surface area contributed by atoms with Crippen molar-refractivity contribution in [2.45, 2.75) is 50.5 Å². The van der Waals surface area contributed by atoms with Gasteiger partial charge in [0.15, 0.2) is 0 Å². The lowest BCUT2D eigenvalue weighted by Crippen LogP contribution is -2.37. The van der Waals surface area contributed by atoms with E-state index in [1.54, 1.807) is 25.1 Å². The zero-order valence-corrected chi connectivity index (χ0v) is 20.5. The summed E-state index contributed by atoms with van der Waals surface area (Å²) in [6.07, 6.45) is 4.48. The van der Waals surface area contributed by atoms with Crippen molar-refractivity contribution < 1.29 is 13.2 Å². The summed E-state index contributed by atoms with van der Waals surface area (Å²) in [7, 11) is -1.56. The summed E-state index contributed by atoms with van der Waals surface area (Å²) < 4.78 is 29.3. The summed E-state index contributed by atoms with van der Waals surface area (Å²) >= 11 is 0. The smallest absolute Gasteiger partial charge is 0.240 e. The predicted octanol–water partition coefficient (Wildman–Crippen LogP) is 3.45. The molecule has 0 aromatic heterocycles. The fraction of sp³-hybridized carbons (Fsp3) is 0.480. The summed E-state index contributed by atoms with van der Waals surface area (Å²) in [6, 6.07) is 11.5. The molecule has 1 atom stereocenters. The number of hydrogen-bond acceptors (Lipinski definition) is 5. The average molecular weight is 471 g/mol. The van der Waals surface area contributed by atoms with Gasteiger partial charge in [0, 0.05) is 44.5 Å². The molecule has 1 saturated heterocycles. The first-order valence-electron chi connectivity index (χ1n) is 11.7. The van der Waals surface area contributed by atoms with Crippen LogP contribution in [0.5, 0.6) is 0 Å². The summed E-state index contributed by atoms with van der Waals surface area (Å²) in [5, 5.41) is 2.70. The summed E-state index contributed by atoms with van der Waals surface area (Å²) in [5.74, 6) is -0.187. The van der Waals surface area contributed by atoms with Crippen LogP contribution < -0.4 is 14.9 Å². The predicted molar refractivity (Wildman–Crippen MR) is 132 cm³/mol. The number of aryl methyl sites for hydroxylation is 2. The van der Waals surface area contributed by atoms with E-state index in [4.69, 9.17) is 0 Å². The Morgan fingerprint density at radius 3 is 2.52 bits per heavy atom. The Kier molecular flexibility index (Phi) is 7.07. The van der Waals surface area contributed by atoms with Crippen molar-refractivity contribution >= 4 is 27.3 Å². The Morgan fingerprint density at radius 2 is 1.82 bits per heavy atom. The van der Waals surface area contributed by atoms with Gasteiger partial charge >= 0.3 is 0 Å². The van der Waals surface area contributed by atoms with Crippen molar-refractivity contribution in [2.24, 2.45) is 0 Å². The van der Waals surface area contributed by atoms with Gasteiger partial charge in [-0.2, -0.15) is 0 Å². The highest BCUT2D eigenvalue weighted by molar-refractivity contribution is 7.89. The Labute approximate surface area is 197 Å². The normalized spacial score (nSPS) is 17.6. The molecule has 0 bridgehead atoms. The molecule has 2 N–H and O–H groups in total. The van der Waals surface area contributed by atoms with E-state index in [0.717, 1.165) is 45.3 Å². The molecule has 33 heavy (non-hydrogen) atoms. The van der Waals surface area contributed by atoms with Crippen LogP contribution in [0.4, 0.5) is 11.4 Å². The fourth-order valence-corrected chi connectivity index (χ4v) is 6.28. The Bertz CT molecular complexity index is 1130. The van der Waals surface area contributed by atoms with Gasteiger partial charge in [-0.3, -0.25) is 9.69 Å². The molecule has 2 heterocycles. The van der Waals surface area contributed by atoms with Crippen LogP contribution in [-0.4, -0.2) is 52.5 Å². The second kappa shape index (κ2) is 9.83. The van der Waals surface area contributed by atoms with Gasteiger partial charge in [-0.1, -0.05) is 12.1 Å². The number of nitrogens with one attached hydrogen (secondary N) is 2. The maximum atomic E-state index is 13.2. The number of fused-ring (bicyclic) bond motifs is 1. The monoisotopic (exact) mass is 470 g/mol. The highest BCUT2D eigenvalue weighted by atomic mass is 32.2. The first-order chi connectivity index (χ1) is 15.7. The van der Waals surface area contributed by atoms with Crippen LogP contribution >= 0.6 is 0 Å². The standard InChI is InChI=1S/C25H34N4O3S/c1-18-15-22(27-19(2)30)9-11-25(18)33(31,32)26-17-24(29-13-4-5-14-29)21-8-10-23-20(16-21)7-6-12-28(23)3/h8-11,15-16,24,26H,4-7,12-14,17H2,1-3H3,(H,27,30)/t24-/m0/s1. The van der Waals surface area contributed by atoms with Gasteiger partial charge in [0.1, 0.15) is 0 Å². The molecule has 0 radical (unpaired) electrons. The Morgan fingerprint density at radius 1 is 1.06 bits per heavy atom. The number of hydrogen-bond donors (Lipinski definition) is 2. The lowest BCUT2D eigenvalue weighted by atomic mass is 9.96. The molecule has 0 aliphatic carbocycles. The maximum absolute atomic E-state index is 13.2. The molecule has 2 aliphatic heterocycles. The molecule has 7 nitrogen and oxygen atoms in total. The van der Waals surface area contributed by atoms with Gasteiger partial charge in [-0.15, -0.1) is 0 Å². The van der Waals surface area contributed by atoms with Crippen LogP contribution in [0.1, 0.15) is 48.9 Å². The van der Waals surface area contributed by atoms with Crippen molar-refractivity contribution in [3.8, 4) is 0 Å². The van der Waals surface area contributed by atoms with Gasteiger partial charge in [0.05, 0.1) is 4.90 Å². The van der Waals surface area contributed by atoms with Crippen LogP contribution in [0.3, 0.4) is 0 Å². The molecule has 0 unspecified atom stereocenters. The SMILES string of the molecule is CC(=O)Nc1ccc(S(=O)(=O)NC[C@@H](c2ccc3c(c2)CCCN3C)N2CCCC2)c(C)c1. The van der Waals surface area contributed by atoms with Crippen LogP contribution in [0.2, 0.25) is 0 Å². The number of sulfonamides is 1. The largest absolute Gasteiger partial charge is 0.374 e. The van der Waals surface area contributed by atoms with Crippen LogP contribution in [0.15, 0.2) is 41.3 Å². The third kappa shape index (κ3) is 5.39. The quantitative estimate of drug-likeness (QED) is 0.648. The first-order valence-corrected chi connectivity index (χ1v) is 13.2. The van der Waals surface area contributed by atoms with E-state index in [-0.39, 0.29) is 16.8 Å². The number of rotatable bonds is 7. The number of amides is 1. The Balaban J connectivity index is 1.56. The third-order valence-electron chi connectivity index (χ3n) is 6.67. The first kappa shape index (κ1) is 23.7. The molecule has 2 aromatic carbocycles. The summed E-state index contributed by atoms with van der Waals surface area (Å²) in [6.45, 7) is 6.53. The van der Waals surface area contributed by atoms with E-state index in [2.05, 4.69) is 45.1 Å². The molecule has 0 spiro atoms. The van der Waals surface area contributed by atoms with Crippen molar-refractivity contribution in [2.75, 3.05) is 43.4 Å². The molecular formula is C25H34N4O3S. The minimum atomic E-state index is -3.69. The van der Waals surface area contributed by atoms with Crippen molar-refractivity contribution in [3.63, 3.8) is 0 Å². The molecule has 2 aromatic rings. The fourth-order valence-electron chi connectivity index (χ4n) is 5.02. The average Bonchev–Trinajstić information content (AvgIpc) is 3.28. The van der Waals surface area contributed by atoms with E-state index in [9.17, 15) is 13.2 Å². The molecule has 1 amide bonds. The van der Waals surface area contributed by atoms with Crippen molar-refractivity contribution in [1.29, 1.82) is 0 Å². The van der Waals surface area contributed by atoms with Crippen LogP contribution in [-0.2, 0) is 21.2 Å². The molecule has 2 aliphatic rings. The summed E-state index contributed by atoms with van der Waals surface area (Å²) in [5.41, 5.74) is 4.99. The lowest BCUT2D eigenvalue weighted by Gasteiger charge is -2.32. The lowest BCUT2D eigenvalue weighted by molar-refractivity contribution is -0.114. The zero-order chi connectivity index (χ0) is 23.6. The van der Waals surface area contributed by atoms with E-state index < -0.39 is 10.0 Å². The second-order valence-electron chi connectivity index (χ2n) is 9.19. The number of anilines is 2.